The average molecular weight is 317 g/mol. The smallest absolute Gasteiger partial charge is 0.264 e. The molecule has 0 aliphatic heterocycles. The van der Waals surface area contributed by atoms with Crippen LogP contribution in [0.25, 0.3) is 11.3 Å². The molecule has 1 aromatic heterocycles. The zero-order chi connectivity index (χ0) is 15.5. The summed E-state index contributed by atoms with van der Waals surface area (Å²) in [6.07, 6.45) is -0.825. The van der Waals surface area contributed by atoms with Crippen LogP contribution in [0.5, 0.6) is 5.95 Å². The molecule has 0 saturated heterocycles. The van der Waals surface area contributed by atoms with E-state index in [1.165, 1.54) is 4.68 Å². The number of hydrogen-bond acceptors (Lipinski definition) is 4. The van der Waals surface area contributed by atoms with Gasteiger partial charge in [0.1, 0.15) is 6.10 Å². The molecule has 2 aromatic carbocycles. The quantitative estimate of drug-likeness (QED) is 0.748. The van der Waals surface area contributed by atoms with E-state index >= 15 is 0 Å². The van der Waals surface area contributed by atoms with Crippen molar-refractivity contribution < 1.29 is 19.4 Å². The topological polar surface area (TPSA) is 73.2 Å². The highest BCUT2D eigenvalue weighted by Gasteiger charge is 2.23. The van der Waals surface area contributed by atoms with Crippen LogP contribution in [0.4, 0.5) is 0 Å². The molecule has 0 spiro atoms. The number of aliphatic hydroxyl groups is 1. The molecule has 1 N–H and O–H groups in total. The van der Waals surface area contributed by atoms with Crippen molar-refractivity contribution in [2.24, 2.45) is 0 Å². The molecule has 0 amide bonds. The Kier molecular flexibility index (Phi) is 4.09. The molecule has 0 radical (unpaired) electrons. The van der Waals surface area contributed by atoms with Crippen LogP contribution in [-0.4, -0.2) is 10.4 Å². The predicted octanol–water partition coefficient (Wildman–Crippen LogP) is 2.09. The summed E-state index contributed by atoms with van der Waals surface area (Å²) in [7, 11) is 0. The van der Waals surface area contributed by atoms with Gasteiger partial charge in [-0.05, 0) is 29.8 Å². The molecule has 1 heterocycles. The monoisotopic (exact) mass is 316 g/mol. The Labute approximate surface area is 132 Å². The second-order valence-corrected chi connectivity index (χ2v) is 5.26. The minimum Gasteiger partial charge on any atom is -0.539 e. The molecule has 6 heteroatoms. The van der Waals surface area contributed by atoms with Gasteiger partial charge in [-0.25, -0.2) is 0 Å². The molecule has 22 heavy (non-hydrogen) atoms. The molecule has 5 nitrogen and oxygen atoms in total. The largest absolute Gasteiger partial charge is 0.539 e. The first-order valence-electron chi connectivity index (χ1n) is 6.71. The van der Waals surface area contributed by atoms with Gasteiger partial charge in [-0.3, -0.25) is 0 Å². The summed E-state index contributed by atoms with van der Waals surface area (Å²) >= 11 is 5.83. The van der Waals surface area contributed by atoms with Gasteiger partial charge in [-0.1, -0.05) is 46.6 Å². The molecule has 112 valence electrons. The molecule has 1 atom stereocenters. The number of rotatable bonds is 4. The molecule has 0 aliphatic rings. The maximum Gasteiger partial charge on any atom is 0.264 e. The molecule has 3 rings (SSSR count). The van der Waals surface area contributed by atoms with Gasteiger partial charge in [0.15, 0.2) is 5.95 Å². The van der Waals surface area contributed by atoms with Crippen molar-refractivity contribution in [1.29, 1.82) is 0 Å². The standard InChI is InChI=1S/C16H13ClN2O3/c17-13-8-6-11(7-9-13)14(20)10-19-15(16(21)22-18-19)12-4-2-1-3-5-12/h1-9,14,20H,10H2. The van der Waals surface area contributed by atoms with Crippen LogP contribution in [0, 0.1) is 0 Å². The molecular formula is C16H13ClN2O3. The van der Waals surface area contributed by atoms with Crippen LogP contribution < -0.4 is 9.79 Å². The summed E-state index contributed by atoms with van der Waals surface area (Å²) < 4.78 is 6.10. The molecule has 0 bridgehead atoms. The molecule has 3 aromatic rings. The number of nitrogens with zero attached hydrogens (tertiary/aromatic N) is 2. The van der Waals surface area contributed by atoms with Crippen LogP contribution in [-0.2, 0) is 6.54 Å². The normalized spacial score (nSPS) is 12.3. The highest BCUT2D eigenvalue weighted by molar-refractivity contribution is 6.30. The first-order chi connectivity index (χ1) is 10.6. The zero-order valence-corrected chi connectivity index (χ0v) is 12.3. The summed E-state index contributed by atoms with van der Waals surface area (Å²) in [6.45, 7) is 0.109. The molecule has 0 fully saturated rings. The summed E-state index contributed by atoms with van der Waals surface area (Å²) in [6, 6.07) is 15.9. The highest BCUT2D eigenvalue weighted by Crippen LogP contribution is 2.23. The number of hydrogen-bond donors (Lipinski definition) is 1. The van der Waals surface area contributed by atoms with Crippen LogP contribution in [0.3, 0.4) is 0 Å². The number of benzene rings is 2. The van der Waals surface area contributed by atoms with E-state index in [1.54, 1.807) is 36.4 Å². The Morgan fingerprint density at radius 3 is 2.50 bits per heavy atom. The third kappa shape index (κ3) is 2.95. The van der Waals surface area contributed by atoms with Crippen LogP contribution in [0.15, 0.2) is 59.1 Å². The van der Waals surface area contributed by atoms with Crippen molar-refractivity contribution in [2.45, 2.75) is 12.6 Å². The zero-order valence-electron chi connectivity index (χ0n) is 11.5. The fourth-order valence-corrected chi connectivity index (χ4v) is 2.34. The van der Waals surface area contributed by atoms with E-state index in [4.69, 9.17) is 16.1 Å². The Hall–Kier alpha value is -2.37. The Morgan fingerprint density at radius 2 is 1.82 bits per heavy atom. The fourth-order valence-electron chi connectivity index (χ4n) is 2.22. The third-order valence-corrected chi connectivity index (χ3v) is 3.57. The van der Waals surface area contributed by atoms with E-state index in [9.17, 15) is 10.2 Å². The third-order valence-electron chi connectivity index (χ3n) is 3.32. The van der Waals surface area contributed by atoms with Gasteiger partial charge < -0.3 is 14.7 Å². The van der Waals surface area contributed by atoms with E-state index in [0.717, 1.165) is 0 Å². The van der Waals surface area contributed by atoms with Gasteiger partial charge in [0.05, 0.1) is 10.8 Å². The lowest BCUT2D eigenvalue weighted by Crippen LogP contribution is -2.40. The average Bonchev–Trinajstić information content (AvgIpc) is 2.89. The molecule has 0 aliphatic carbocycles. The predicted molar refractivity (Wildman–Crippen MR) is 78.0 cm³/mol. The van der Waals surface area contributed by atoms with Gasteiger partial charge in [-0.15, -0.1) is 0 Å². The van der Waals surface area contributed by atoms with Crippen molar-refractivity contribution in [3.63, 3.8) is 0 Å². The number of aliphatic hydroxyl groups excluding tert-OH is 1. The summed E-state index contributed by atoms with van der Waals surface area (Å²) in [5.74, 6) is -0.533. The van der Waals surface area contributed by atoms with Crippen molar-refractivity contribution >= 4 is 11.6 Å². The second kappa shape index (κ2) is 6.17. The van der Waals surface area contributed by atoms with Crippen molar-refractivity contribution in [2.75, 3.05) is 0 Å². The molecule has 1 unspecified atom stereocenters. The van der Waals surface area contributed by atoms with E-state index in [-0.39, 0.29) is 6.54 Å². The lowest BCUT2D eigenvalue weighted by Gasteiger charge is -2.07. The first-order valence-corrected chi connectivity index (χ1v) is 7.08. The van der Waals surface area contributed by atoms with Gasteiger partial charge >= 0.3 is 0 Å². The lowest BCUT2D eigenvalue weighted by molar-refractivity contribution is -0.759. The van der Waals surface area contributed by atoms with Crippen LogP contribution >= 0.6 is 11.6 Å². The van der Waals surface area contributed by atoms with Crippen molar-refractivity contribution in [1.82, 2.24) is 5.27 Å². The van der Waals surface area contributed by atoms with Crippen LogP contribution in [0.2, 0.25) is 5.02 Å². The maximum absolute atomic E-state index is 11.9. The molecular weight excluding hydrogens is 304 g/mol. The summed E-state index contributed by atoms with van der Waals surface area (Å²) in [5, 5.41) is 26.5. The van der Waals surface area contributed by atoms with Gasteiger partial charge in [0.2, 0.25) is 6.54 Å². The minimum atomic E-state index is -0.825. The van der Waals surface area contributed by atoms with Crippen molar-refractivity contribution in [3.05, 3.63) is 65.2 Å². The van der Waals surface area contributed by atoms with Crippen LogP contribution in [0.1, 0.15) is 11.7 Å². The SMILES string of the molecule is [O-]c1on[n+](CC(O)c2ccc(Cl)cc2)c1-c1ccccc1. The molecule has 0 saturated carbocycles. The van der Waals surface area contributed by atoms with E-state index in [0.29, 0.717) is 21.8 Å². The van der Waals surface area contributed by atoms with Gasteiger partial charge in [0.25, 0.3) is 5.69 Å². The van der Waals surface area contributed by atoms with E-state index in [2.05, 4.69) is 5.27 Å². The first kappa shape index (κ1) is 14.6. The summed E-state index contributed by atoms with van der Waals surface area (Å²) in [5.41, 5.74) is 1.69. The fraction of sp³-hybridized carbons (Fsp3) is 0.125. The number of aromatic nitrogens is 2. The van der Waals surface area contributed by atoms with Gasteiger partial charge in [-0.2, -0.15) is 0 Å². The highest BCUT2D eigenvalue weighted by atomic mass is 35.5. The Morgan fingerprint density at radius 1 is 1.14 bits per heavy atom. The van der Waals surface area contributed by atoms with Gasteiger partial charge in [0, 0.05) is 5.02 Å². The lowest BCUT2D eigenvalue weighted by atomic mass is 10.1. The van der Waals surface area contributed by atoms with Crippen molar-refractivity contribution in [3.8, 4) is 17.2 Å². The second-order valence-electron chi connectivity index (χ2n) is 4.82. The minimum absolute atomic E-state index is 0.109. The number of halogens is 1. The van der Waals surface area contributed by atoms with E-state index < -0.39 is 12.1 Å². The maximum atomic E-state index is 11.9. The summed E-state index contributed by atoms with van der Waals surface area (Å²) in [4.78, 5) is 0. The Balaban J connectivity index is 1.89. The van der Waals surface area contributed by atoms with E-state index in [1.807, 2.05) is 18.2 Å². The Bertz CT molecular complexity index is 757.